The molecule has 2 aromatic carbocycles. The highest BCUT2D eigenvalue weighted by Gasteiger charge is 2.42. The lowest BCUT2D eigenvalue weighted by molar-refractivity contribution is -0.117. The Morgan fingerprint density at radius 1 is 1.00 bits per heavy atom. The maximum Gasteiger partial charge on any atom is 0.249 e. The average molecular weight is 524 g/mol. The molecule has 2 saturated heterocycles. The lowest BCUT2D eigenvalue weighted by Gasteiger charge is -2.45. The first-order valence-corrected chi connectivity index (χ1v) is 12.9. The van der Waals surface area contributed by atoms with Crippen LogP contribution in [0.1, 0.15) is 56.9 Å². The topological polar surface area (TPSA) is 58.4 Å². The van der Waals surface area contributed by atoms with Gasteiger partial charge >= 0.3 is 0 Å². The number of alkyl halides is 2. The number of piperidine rings is 1. The van der Waals surface area contributed by atoms with E-state index in [4.69, 9.17) is 5.73 Å². The highest BCUT2D eigenvalue weighted by atomic mass is 19.3. The highest BCUT2D eigenvalue weighted by Crippen LogP contribution is 2.38. The van der Waals surface area contributed by atoms with Gasteiger partial charge in [-0.3, -0.25) is 4.79 Å². The van der Waals surface area contributed by atoms with Gasteiger partial charge in [0.1, 0.15) is 17.5 Å². The van der Waals surface area contributed by atoms with E-state index in [2.05, 4.69) is 10.2 Å². The van der Waals surface area contributed by atoms with E-state index >= 15 is 0 Å². The lowest BCUT2D eigenvalue weighted by Crippen LogP contribution is -2.53. The van der Waals surface area contributed by atoms with Gasteiger partial charge in [-0.05, 0) is 68.3 Å². The Labute approximate surface area is 214 Å². The number of carbonyl (C=O) groups is 1. The van der Waals surface area contributed by atoms with Crippen molar-refractivity contribution in [1.29, 1.82) is 0 Å². The molecule has 1 aliphatic carbocycles. The third-order valence-corrected chi connectivity index (χ3v) is 7.83. The number of primary amides is 1. The van der Waals surface area contributed by atoms with Crippen molar-refractivity contribution in [3.63, 3.8) is 0 Å². The second-order valence-corrected chi connectivity index (χ2v) is 10.5. The summed E-state index contributed by atoms with van der Waals surface area (Å²) in [6, 6.07) is 7.17. The van der Waals surface area contributed by atoms with Crippen LogP contribution in [0.25, 0.3) is 11.1 Å². The Bertz CT molecular complexity index is 1070. The van der Waals surface area contributed by atoms with Gasteiger partial charge in [0, 0.05) is 49.1 Å². The minimum Gasteiger partial charge on any atom is -0.369 e. The van der Waals surface area contributed by atoms with Crippen molar-refractivity contribution < 1.29 is 26.7 Å². The first-order valence-electron chi connectivity index (χ1n) is 12.9. The summed E-state index contributed by atoms with van der Waals surface area (Å²) in [5, 5.41) is 3.64. The van der Waals surface area contributed by atoms with Gasteiger partial charge in [-0.1, -0.05) is 18.2 Å². The Balaban J connectivity index is 0.000000173. The number of amides is 1. The summed E-state index contributed by atoms with van der Waals surface area (Å²) < 4.78 is 67.3. The summed E-state index contributed by atoms with van der Waals surface area (Å²) in [7, 11) is 0. The molecule has 9 heteroatoms. The number of hydrogen-bond donors (Lipinski definition) is 2. The number of halogens is 5. The molecule has 2 aromatic rings. The molecular formula is C28H34F5N3O. The molecule has 2 heterocycles. The normalized spacial score (nSPS) is 22.9. The molecule has 1 unspecified atom stereocenters. The molecule has 2 aliphatic heterocycles. The molecule has 1 amide bonds. The van der Waals surface area contributed by atoms with Gasteiger partial charge in [0.15, 0.2) is 0 Å². The zero-order valence-electron chi connectivity index (χ0n) is 20.8. The zero-order chi connectivity index (χ0) is 26.6. The van der Waals surface area contributed by atoms with Crippen LogP contribution < -0.4 is 11.1 Å². The molecule has 3 fully saturated rings. The standard InChI is InChI=1S/C14H10F3NO.C14H24F2N2/c15-10-4-9(5-11(16)7-10)12-3-1-2-8(14(12)17)6-13(18)19;15-14(16)5-1-3-12(11-14)18-9-6-13(7-10-18)4-2-8-17-13/h1-5,7H,6H2,(H2,18,19);12,17H,1-11H2. The number of rotatable bonds is 4. The van der Waals surface area contributed by atoms with Gasteiger partial charge < -0.3 is 16.0 Å². The fourth-order valence-electron chi connectivity index (χ4n) is 5.91. The van der Waals surface area contributed by atoms with E-state index in [1.54, 1.807) is 0 Å². The predicted molar refractivity (Wildman–Crippen MR) is 133 cm³/mol. The Morgan fingerprint density at radius 2 is 1.70 bits per heavy atom. The smallest absolute Gasteiger partial charge is 0.249 e. The van der Waals surface area contributed by atoms with Gasteiger partial charge in [-0.15, -0.1) is 0 Å². The summed E-state index contributed by atoms with van der Waals surface area (Å²) in [6.07, 6.45) is 6.44. The Morgan fingerprint density at radius 3 is 2.30 bits per heavy atom. The number of hydrogen-bond acceptors (Lipinski definition) is 3. The SMILES string of the molecule is FC1(F)CCCC(N2CCC3(CCCN3)CC2)C1.NC(=O)Cc1cccc(-c2cc(F)cc(F)c2)c1F. The van der Waals surface area contributed by atoms with Crippen molar-refractivity contribution in [2.24, 2.45) is 5.73 Å². The van der Waals surface area contributed by atoms with Gasteiger partial charge in [0.05, 0.1) is 6.42 Å². The van der Waals surface area contributed by atoms with Gasteiger partial charge in [-0.2, -0.15) is 0 Å². The maximum absolute atomic E-state index is 14.1. The molecule has 1 saturated carbocycles. The number of likely N-dealkylation sites (tertiary alicyclic amines) is 1. The fourth-order valence-corrected chi connectivity index (χ4v) is 5.91. The molecule has 3 N–H and O–H groups in total. The number of carbonyl (C=O) groups excluding carboxylic acids is 1. The van der Waals surface area contributed by atoms with Crippen molar-refractivity contribution in [3.8, 4) is 11.1 Å². The first kappa shape index (κ1) is 27.5. The zero-order valence-corrected chi connectivity index (χ0v) is 20.8. The number of nitrogens with one attached hydrogen (secondary N) is 1. The summed E-state index contributed by atoms with van der Waals surface area (Å²) >= 11 is 0. The number of nitrogens with zero attached hydrogens (tertiary/aromatic N) is 1. The molecule has 3 aliphatic rings. The molecule has 5 rings (SSSR count). The number of benzene rings is 2. The van der Waals surface area contributed by atoms with Gasteiger partial charge in [0.25, 0.3) is 0 Å². The van der Waals surface area contributed by atoms with Crippen molar-refractivity contribution in [2.45, 2.75) is 75.3 Å². The molecule has 1 spiro atoms. The van der Waals surface area contributed by atoms with Crippen LogP contribution in [-0.4, -0.2) is 47.9 Å². The van der Waals surface area contributed by atoms with E-state index in [1.807, 2.05) is 0 Å². The largest absolute Gasteiger partial charge is 0.369 e. The summed E-state index contributed by atoms with van der Waals surface area (Å²) in [5.41, 5.74) is 5.55. The molecule has 0 aromatic heterocycles. The molecule has 0 radical (unpaired) electrons. The molecule has 1 atom stereocenters. The van der Waals surface area contributed by atoms with Crippen LogP contribution in [0.3, 0.4) is 0 Å². The minimum absolute atomic E-state index is 0.0251. The van der Waals surface area contributed by atoms with Crippen LogP contribution >= 0.6 is 0 Å². The molecular weight excluding hydrogens is 489 g/mol. The predicted octanol–water partition coefficient (Wildman–Crippen LogP) is 5.58. The first-order chi connectivity index (χ1) is 17.6. The van der Waals surface area contributed by atoms with E-state index in [9.17, 15) is 26.7 Å². The van der Waals surface area contributed by atoms with Crippen LogP contribution in [0.15, 0.2) is 36.4 Å². The lowest BCUT2D eigenvalue weighted by atomic mass is 9.83. The monoisotopic (exact) mass is 523 g/mol. The van der Waals surface area contributed by atoms with E-state index in [0.717, 1.165) is 51.0 Å². The summed E-state index contributed by atoms with van der Waals surface area (Å²) in [5.74, 6) is -5.39. The van der Waals surface area contributed by atoms with E-state index in [-0.39, 0.29) is 42.0 Å². The van der Waals surface area contributed by atoms with Crippen molar-refractivity contribution >= 4 is 5.91 Å². The van der Waals surface area contributed by atoms with Gasteiger partial charge in [-0.25, -0.2) is 22.0 Å². The van der Waals surface area contributed by atoms with Crippen LogP contribution in [0.4, 0.5) is 22.0 Å². The van der Waals surface area contributed by atoms with Crippen molar-refractivity contribution in [3.05, 3.63) is 59.4 Å². The summed E-state index contributed by atoms with van der Waals surface area (Å²) in [6.45, 7) is 3.16. The minimum atomic E-state index is -2.41. The summed E-state index contributed by atoms with van der Waals surface area (Å²) in [4.78, 5) is 13.1. The van der Waals surface area contributed by atoms with Crippen LogP contribution in [0.5, 0.6) is 0 Å². The van der Waals surface area contributed by atoms with Crippen molar-refractivity contribution in [2.75, 3.05) is 19.6 Å². The molecule has 4 nitrogen and oxygen atoms in total. The molecule has 0 bridgehead atoms. The average Bonchev–Trinajstić information content (AvgIpc) is 3.27. The highest BCUT2D eigenvalue weighted by molar-refractivity contribution is 5.77. The molecule has 202 valence electrons. The third kappa shape index (κ3) is 7.08. The Hall–Kier alpha value is -2.52. The number of nitrogens with two attached hydrogens (primary N) is 1. The molecule has 37 heavy (non-hydrogen) atoms. The van der Waals surface area contributed by atoms with Crippen molar-refractivity contribution in [1.82, 2.24) is 10.2 Å². The second kappa shape index (κ2) is 11.5. The third-order valence-electron chi connectivity index (χ3n) is 7.83. The van der Waals surface area contributed by atoms with Crippen LogP contribution in [-0.2, 0) is 11.2 Å². The second-order valence-electron chi connectivity index (χ2n) is 10.5. The Kier molecular flexibility index (Phi) is 8.53. The van der Waals surface area contributed by atoms with E-state index in [1.165, 1.54) is 31.0 Å². The van der Waals surface area contributed by atoms with Gasteiger partial charge in [0.2, 0.25) is 11.8 Å². The van der Waals surface area contributed by atoms with Crippen LogP contribution in [0.2, 0.25) is 0 Å². The van der Waals surface area contributed by atoms with E-state index < -0.39 is 29.3 Å². The van der Waals surface area contributed by atoms with Crippen LogP contribution in [0, 0.1) is 17.5 Å². The fraction of sp³-hybridized carbons (Fsp3) is 0.536. The van der Waals surface area contributed by atoms with E-state index in [0.29, 0.717) is 18.0 Å². The maximum atomic E-state index is 14.1. The quantitative estimate of drug-likeness (QED) is 0.515.